The van der Waals surface area contributed by atoms with Crippen molar-refractivity contribution in [2.24, 2.45) is 0 Å². The Kier molecular flexibility index (Phi) is 5.74. The van der Waals surface area contributed by atoms with Crippen LogP contribution < -0.4 is 10.9 Å². The lowest BCUT2D eigenvalue weighted by Gasteiger charge is -2.38. The molecule has 156 valence electrons. The van der Waals surface area contributed by atoms with Crippen LogP contribution in [0.2, 0.25) is 5.02 Å². The lowest BCUT2D eigenvalue weighted by atomic mass is 9.91. The molecule has 0 spiro atoms. The van der Waals surface area contributed by atoms with Crippen LogP contribution in [0, 0.1) is 0 Å². The van der Waals surface area contributed by atoms with Crippen LogP contribution in [0.4, 0.5) is 4.79 Å². The van der Waals surface area contributed by atoms with E-state index in [1.54, 1.807) is 23.1 Å². The van der Waals surface area contributed by atoms with E-state index in [-0.39, 0.29) is 18.1 Å². The number of hydrogen-bond acceptors (Lipinski definition) is 4. The maximum Gasteiger partial charge on any atom is 0.317 e. The summed E-state index contributed by atoms with van der Waals surface area (Å²) in [5.41, 5.74) is 0.277. The monoisotopic (exact) mass is 426 g/mol. The number of carbonyl (C=O) groups excluding carboxylic acids is 1. The van der Waals surface area contributed by atoms with Crippen LogP contribution in [0.5, 0.6) is 0 Å². The molecule has 2 heterocycles. The van der Waals surface area contributed by atoms with E-state index < -0.39 is 5.60 Å². The van der Waals surface area contributed by atoms with Gasteiger partial charge in [0.15, 0.2) is 0 Å². The first-order valence-electron chi connectivity index (χ1n) is 9.87. The zero-order chi connectivity index (χ0) is 21.1. The standard InChI is InChI=1S/C22H23ClN4O3/c23-17-6-7-18-19(12-17)25-15-27(20(18)28)14-22(30)8-10-26(11-9-22)21(29)24-13-16-4-2-1-3-5-16/h1-7,12,15,30H,8-11,13-14H2,(H,24,29). The molecule has 2 aromatic carbocycles. The van der Waals surface area contributed by atoms with E-state index in [0.29, 0.717) is 48.4 Å². The van der Waals surface area contributed by atoms with Crippen molar-refractivity contribution in [2.75, 3.05) is 13.1 Å². The molecule has 8 heteroatoms. The van der Waals surface area contributed by atoms with Crippen molar-refractivity contribution in [3.8, 4) is 0 Å². The molecule has 0 saturated carbocycles. The van der Waals surface area contributed by atoms with Crippen LogP contribution in [-0.2, 0) is 13.1 Å². The number of likely N-dealkylation sites (tertiary alicyclic amines) is 1. The Balaban J connectivity index is 1.37. The number of hydrogen-bond donors (Lipinski definition) is 2. The Hall–Kier alpha value is -2.90. The van der Waals surface area contributed by atoms with Gasteiger partial charge in [0.05, 0.1) is 29.4 Å². The summed E-state index contributed by atoms with van der Waals surface area (Å²) in [5, 5.41) is 14.9. The number of aliphatic hydroxyl groups is 1. The molecule has 4 rings (SSSR count). The van der Waals surface area contributed by atoms with Crippen LogP contribution >= 0.6 is 11.6 Å². The van der Waals surface area contributed by atoms with Crippen molar-refractivity contribution in [1.29, 1.82) is 0 Å². The molecule has 0 unspecified atom stereocenters. The summed E-state index contributed by atoms with van der Waals surface area (Å²) >= 11 is 5.96. The summed E-state index contributed by atoms with van der Waals surface area (Å²) in [7, 11) is 0. The Morgan fingerprint density at radius 2 is 1.90 bits per heavy atom. The molecule has 0 aliphatic carbocycles. The van der Waals surface area contributed by atoms with Crippen molar-refractivity contribution < 1.29 is 9.90 Å². The third kappa shape index (κ3) is 4.47. The maximum atomic E-state index is 12.7. The minimum Gasteiger partial charge on any atom is -0.388 e. The number of benzene rings is 2. The van der Waals surface area contributed by atoms with Gasteiger partial charge >= 0.3 is 6.03 Å². The number of urea groups is 1. The minimum absolute atomic E-state index is 0.136. The van der Waals surface area contributed by atoms with Gasteiger partial charge in [-0.1, -0.05) is 41.9 Å². The molecule has 7 nitrogen and oxygen atoms in total. The summed E-state index contributed by atoms with van der Waals surface area (Å²) in [6, 6.07) is 14.5. The van der Waals surface area contributed by atoms with Crippen molar-refractivity contribution in [3.63, 3.8) is 0 Å². The highest BCUT2D eigenvalue weighted by Crippen LogP contribution is 2.24. The van der Waals surface area contributed by atoms with E-state index in [1.807, 2.05) is 30.3 Å². The second kappa shape index (κ2) is 8.45. The molecule has 3 aromatic rings. The number of nitrogens with one attached hydrogen (secondary N) is 1. The van der Waals surface area contributed by atoms with Gasteiger partial charge in [-0.05, 0) is 36.6 Å². The highest BCUT2D eigenvalue weighted by atomic mass is 35.5. The highest BCUT2D eigenvalue weighted by Gasteiger charge is 2.34. The molecule has 1 aromatic heterocycles. The Morgan fingerprint density at radius 1 is 1.17 bits per heavy atom. The number of carbonyl (C=O) groups is 1. The lowest BCUT2D eigenvalue weighted by Crippen LogP contribution is -2.51. The molecule has 1 aliphatic rings. The number of nitrogens with zero attached hydrogens (tertiary/aromatic N) is 3. The smallest absolute Gasteiger partial charge is 0.317 e. The maximum absolute atomic E-state index is 12.7. The fraction of sp³-hybridized carbons (Fsp3) is 0.318. The molecule has 1 aliphatic heterocycles. The lowest BCUT2D eigenvalue weighted by molar-refractivity contribution is -0.0265. The second-order valence-electron chi connectivity index (χ2n) is 7.69. The first kappa shape index (κ1) is 20.4. The van der Waals surface area contributed by atoms with Crippen LogP contribution in [0.15, 0.2) is 59.7 Å². The van der Waals surface area contributed by atoms with Crippen molar-refractivity contribution in [1.82, 2.24) is 19.8 Å². The SMILES string of the molecule is O=C(NCc1ccccc1)N1CCC(O)(Cn2cnc3cc(Cl)ccc3c2=O)CC1. The molecule has 1 saturated heterocycles. The minimum atomic E-state index is -1.07. The van der Waals surface area contributed by atoms with E-state index in [2.05, 4.69) is 10.3 Å². The predicted octanol–water partition coefficient (Wildman–Crippen LogP) is 2.79. The topological polar surface area (TPSA) is 87.5 Å². The molecule has 1 fully saturated rings. The molecule has 2 amide bonds. The van der Waals surface area contributed by atoms with E-state index >= 15 is 0 Å². The molecule has 2 N–H and O–H groups in total. The molecular weight excluding hydrogens is 404 g/mol. The van der Waals surface area contributed by atoms with Crippen LogP contribution in [-0.4, -0.2) is 44.3 Å². The van der Waals surface area contributed by atoms with Gasteiger partial charge in [0.2, 0.25) is 0 Å². The summed E-state index contributed by atoms with van der Waals surface area (Å²) < 4.78 is 1.43. The van der Waals surface area contributed by atoms with Gasteiger partial charge in [0.25, 0.3) is 5.56 Å². The summed E-state index contributed by atoms with van der Waals surface area (Å²) in [4.78, 5) is 31.2. The molecule has 0 radical (unpaired) electrons. The second-order valence-corrected chi connectivity index (χ2v) is 8.13. The summed E-state index contributed by atoms with van der Waals surface area (Å²) in [6.07, 6.45) is 2.21. The average Bonchev–Trinajstić information content (AvgIpc) is 2.75. The molecule has 0 bridgehead atoms. The Labute approximate surface area is 178 Å². The first-order chi connectivity index (χ1) is 14.4. The fourth-order valence-corrected chi connectivity index (χ4v) is 3.90. The van der Waals surface area contributed by atoms with Crippen molar-refractivity contribution in [2.45, 2.75) is 31.5 Å². The van der Waals surface area contributed by atoms with Gasteiger partial charge in [-0.3, -0.25) is 9.36 Å². The third-order valence-electron chi connectivity index (χ3n) is 5.52. The number of piperidine rings is 1. The zero-order valence-electron chi connectivity index (χ0n) is 16.4. The van der Waals surface area contributed by atoms with Gasteiger partial charge in [0, 0.05) is 24.7 Å². The Morgan fingerprint density at radius 3 is 2.63 bits per heavy atom. The van der Waals surface area contributed by atoms with E-state index in [9.17, 15) is 14.7 Å². The number of fused-ring (bicyclic) bond motifs is 1. The van der Waals surface area contributed by atoms with Crippen LogP contribution in [0.25, 0.3) is 10.9 Å². The number of rotatable bonds is 4. The molecule has 30 heavy (non-hydrogen) atoms. The number of halogens is 1. The largest absolute Gasteiger partial charge is 0.388 e. The third-order valence-corrected chi connectivity index (χ3v) is 5.75. The summed E-state index contributed by atoms with van der Waals surface area (Å²) in [5.74, 6) is 0. The van der Waals surface area contributed by atoms with Gasteiger partial charge in [0.1, 0.15) is 0 Å². The van der Waals surface area contributed by atoms with Crippen molar-refractivity contribution >= 4 is 28.5 Å². The number of amides is 2. The van der Waals surface area contributed by atoms with Gasteiger partial charge in [-0.2, -0.15) is 0 Å². The van der Waals surface area contributed by atoms with Gasteiger partial charge in [-0.15, -0.1) is 0 Å². The van der Waals surface area contributed by atoms with Gasteiger partial charge < -0.3 is 15.3 Å². The highest BCUT2D eigenvalue weighted by molar-refractivity contribution is 6.31. The van der Waals surface area contributed by atoms with E-state index in [4.69, 9.17) is 11.6 Å². The van der Waals surface area contributed by atoms with Crippen LogP contribution in [0.1, 0.15) is 18.4 Å². The molecular formula is C22H23ClN4O3. The normalized spacial score (nSPS) is 15.9. The molecule has 0 atom stereocenters. The van der Waals surface area contributed by atoms with E-state index in [1.165, 1.54) is 10.9 Å². The van der Waals surface area contributed by atoms with Crippen molar-refractivity contribution in [3.05, 3.63) is 75.8 Å². The zero-order valence-corrected chi connectivity index (χ0v) is 17.2. The fourth-order valence-electron chi connectivity index (χ4n) is 3.73. The quantitative estimate of drug-likeness (QED) is 0.671. The summed E-state index contributed by atoms with van der Waals surface area (Å²) in [6.45, 7) is 1.43. The Bertz CT molecular complexity index is 1110. The average molecular weight is 427 g/mol. The number of aromatic nitrogens is 2. The first-order valence-corrected chi connectivity index (χ1v) is 10.3. The van der Waals surface area contributed by atoms with Crippen LogP contribution in [0.3, 0.4) is 0 Å². The predicted molar refractivity (Wildman–Crippen MR) is 115 cm³/mol. The van der Waals surface area contributed by atoms with E-state index in [0.717, 1.165) is 5.56 Å². The van der Waals surface area contributed by atoms with Gasteiger partial charge in [-0.25, -0.2) is 9.78 Å².